The van der Waals surface area contributed by atoms with E-state index in [9.17, 15) is 9.59 Å². The van der Waals surface area contributed by atoms with E-state index in [4.69, 9.17) is 5.73 Å². The number of primary amides is 1. The molecule has 2 N–H and O–H groups in total. The standard InChI is InChI=1S/C16H20N4O2S/c1-19(2)12(21)9-20-7-5-10(8-20)13-11-4-3-6-18-16(11)23-14(13)15(17)22/h3-4,6,10H,5,7-9H2,1-2H3,(H2,17,22)/t10-/m1/s1. The Morgan fingerprint density at radius 1 is 1.48 bits per heavy atom. The molecule has 0 aromatic carbocycles. The molecule has 7 heteroatoms. The summed E-state index contributed by atoms with van der Waals surface area (Å²) in [7, 11) is 3.53. The summed E-state index contributed by atoms with van der Waals surface area (Å²) < 4.78 is 0. The number of nitrogens with two attached hydrogens (primary N) is 1. The zero-order valence-electron chi connectivity index (χ0n) is 13.3. The molecule has 0 unspecified atom stereocenters. The molecule has 1 aliphatic heterocycles. The second-order valence-corrected chi connectivity index (χ2v) is 7.07. The van der Waals surface area contributed by atoms with Gasteiger partial charge in [0.1, 0.15) is 4.83 Å². The van der Waals surface area contributed by atoms with Crippen LogP contribution in [0.25, 0.3) is 10.2 Å². The fraction of sp³-hybridized carbons (Fsp3) is 0.438. The zero-order valence-corrected chi connectivity index (χ0v) is 14.1. The average molecular weight is 332 g/mol. The van der Waals surface area contributed by atoms with Crippen molar-refractivity contribution in [2.24, 2.45) is 5.73 Å². The summed E-state index contributed by atoms with van der Waals surface area (Å²) >= 11 is 1.36. The third kappa shape index (κ3) is 3.07. The van der Waals surface area contributed by atoms with Crippen LogP contribution in [0, 0.1) is 0 Å². The molecule has 6 nitrogen and oxygen atoms in total. The van der Waals surface area contributed by atoms with Gasteiger partial charge in [0.15, 0.2) is 0 Å². The van der Waals surface area contributed by atoms with E-state index in [0.29, 0.717) is 11.4 Å². The van der Waals surface area contributed by atoms with Crippen LogP contribution in [0.4, 0.5) is 0 Å². The van der Waals surface area contributed by atoms with Gasteiger partial charge in [-0.25, -0.2) is 4.98 Å². The molecule has 3 heterocycles. The van der Waals surface area contributed by atoms with Gasteiger partial charge in [0, 0.05) is 38.1 Å². The van der Waals surface area contributed by atoms with Gasteiger partial charge in [0.2, 0.25) is 5.91 Å². The van der Waals surface area contributed by atoms with Gasteiger partial charge >= 0.3 is 0 Å². The molecule has 0 saturated carbocycles. The fourth-order valence-electron chi connectivity index (χ4n) is 3.08. The first kappa shape index (κ1) is 15.9. The number of aromatic nitrogens is 1. The van der Waals surface area contributed by atoms with Gasteiger partial charge < -0.3 is 10.6 Å². The SMILES string of the molecule is CN(C)C(=O)CN1CC[C@@H](c2c(C(N)=O)sc3ncccc23)C1. The monoisotopic (exact) mass is 332 g/mol. The Labute approximate surface area is 138 Å². The van der Waals surface area contributed by atoms with Crippen LogP contribution in [0.2, 0.25) is 0 Å². The molecular formula is C16H20N4O2S. The van der Waals surface area contributed by atoms with Gasteiger partial charge in [-0.1, -0.05) is 6.07 Å². The summed E-state index contributed by atoms with van der Waals surface area (Å²) in [5.74, 6) is -0.0890. The third-order valence-electron chi connectivity index (χ3n) is 4.27. The summed E-state index contributed by atoms with van der Waals surface area (Å²) in [5, 5.41) is 1.01. The van der Waals surface area contributed by atoms with Crippen molar-refractivity contribution in [2.45, 2.75) is 12.3 Å². The van der Waals surface area contributed by atoms with Crippen molar-refractivity contribution in [1.82, 2.24) is 14.8 Å². The number of fused-ring (bicyclic) bond motifs is 1. The Morgan fingerprint density at radius 2 is 2.26 bits per heavy atom. The van der Waals surface area contributed by atoms with Gasteiger partial charge in [0.05, 0.1) is 11.4 Å². The van der Waals surface area contributed by atoms with E-state index in [1.165, 1.54) is 11.3 Å². The average Bonchev–Trinajstić information content (AvgIpc) is 3.10. The number of hydrogen-bond acceptors (Lipinski definition) is 5. The zero-order chi connectivity index (χ0) is 16.6. The summed E-state index contributed by atoms with van der Waals surface area (Å²) in [6, 6.07) is 3.87. The Kier molecular flexibility index (Phi) is 4.32. The number of amides is 2. The van der Waals surface area contributed by atoms with Gasteiger partial charge in [-0.2, -0.15) is 0 Å². The Balaban J connectivity index is 1.88. The van der Waals surface area contributed by atoms with Gasteiger partial charge in [-0.15, -0.1) is 11.3 Å². The molecule has 23 heavy (non-hydrogen) atoms. The highest BCUT2D eigenvalue weighted by atomic mass is 32.1. The molecule has 1 atom stereocenters. The first-order chi connectivity index (χ1) is 11.0. The number of carbonyl (C=O) groups excluding carboxylic acids is 2. The number of nitrogens with zero attached hydrogens (tertiary/aromatic N) is 3. The highest BCUT2D eigenvalue weighted by Crippen LogP contribution is 2.39. The molecule has 0 spiro atoms. The number of thiophene rings is 1. The fourth-order valence-corrected chi connectivity index (χ4v) is 4.17. The quantitative estimate of drug-likeness (QED) is 0.914. The highest BCUT2D eigenvalue weighted by Gasteiger charge is 2.31. The van der Waals surface area contributed by atoms with E-state index in [1.807, 2.05) is 12.1 Å². The largest absolute Gasteiger partial charge is 0.365 e. The molecular weight excluding hydrogens is 312 g/mol. The third-order valence-corrected chi connectivity index (χ3v) is 5.41. The lowest BCUT2D eigenvalue weighted by Crippen LogP contribution is -2.35. The van der Waals surface area contributed by atoms with Crippen molar-refractivity contribution in [1.29, 1.82) is 0 Å². The maximum absolute atomic E-state index is 11.9. The maximum Gasteiger partial charge on any atom is 0.259 e. The van der Waals surface area contributed by atoms with Crippen molar-refractivity contribution in [3.8, 4) is 0 Å². The minimum Gasteiger partial charge on any atom is -0.365 e. The second kappa shape index (κ2) is 6.25. The molecule has 2 aromatic rings. The lowest BCUT2D eigenvalue weighted by atomic mass is 9.95. The van der Waals surface area contributed by atoms with E-state index >= 15 is 0 Å². The molecule has 2 aromatic heterocycles. The van der Waals surface area contributed by atoms with Gasteiger partial charge in [-0.3, -0.25) is 14.5 Å². The van der Waals surface area contributed by atoms with Crippen LogP contribution in [0.15, 0.2) is 18.3 Å². The summed E-state index contributed by atoms with van der Waals surface area (Å²) in [4.78, 5) is 33.2. The molecule has 1 aliphatic rings. The molecule has 1 fully saturated rings. The molecule has 2 amide bonds. The van der Waals surface area contributed by atoms with Crippen molar-refractivity contribution in [3.63, 3.8) is 0 Å². The first-order valence-electron chi connectivity index (χ1n) is 7.57. The van der Waals surface area contributed by atoms with Crippen LogP contribution in [0.3, 0.4) is 0 Å². The molecule has 0 aliphatic carbocycles. The minimum absolute atomic E-state index is 0.0950. The first-order valence-corrected chi connectivity index (χ1v) is 8.38. The van der Waals surface area contributed by atoms with E-state index in [1.54, 1.807) is 25.2 Å². The normalized spacial score (nSPS) is 18.4. The van der Waals surface area contributed by atoms with Crippen molar-refractivity contribution in [3.05, 3.63) is 28.8 Å². The van der Waals surface area contributed by atoms with E-state index in [2.05, 4.69) is 9.88 Å². The number of pyridine rings is 1. The van der Waals surface area contributed by atoms with Crippen molar-refractivity contribution >= 4 is 33.4 Å². The van der Waals surface area contributed by atoms with Crippen LogP contribution >= 0.6 is 11.3 Å². The number of likely N-dealkylation sites (tertiary alicyclic amines) is 1. The molecule has 0 radical (unpaired) electrons. The maximum atomic E-state index is 11.9. The van der Waals surface area contributed by atoms with Crippen molar-refractivity contribution in [2.75, 3.05) is 33.7 Å². The number of carbonyl (C=O) groups is 2. The summed E-state index contributed by atoms with van der Waals surface area (Å²) in [6.45, 7) is 2.02. The highest BCUT2D eigenvalue weighted by molar-refractivity contribution is 7.20. The molecule has 122 valence electrons. The predicted octanol–water partition coefficient (Wildman–Crippen LogP) is 1.27. The van der Waals surface area contributed by atoms with Gasteiger partial charge in [-0.05, 0) is 24.6 Å². The van der Waals surface area contributed by atoms with E-state index in [-0.39, 0.29) is 11.8 Å². The van der Waals surface area contributed by atoms with E-state index in [0.717, 1.165) is 35.3 Å². The number of likely N-dealkylation sites (N-methyl/N-ethyl adjacent to an activating group) is 1. The lowest BCUT2D eigenvalue weighted by molar-refractivity contribution is -0.129. The van der Waals surface area contributed by atoms with Crippen LogP contribution < -0.4 is 5.73 Å². The van der Waals surface area contributed by atoms with Crippen LogP contribution in [0.5, 0.6) is 0 Å². The van der Waals surface area contributed by atoms with Crippen LogP contribution in [-0.4, -0.2) is 60.3 Å². The smallest absolute Gasteiger partial charge is 0.259 e. The van der Waals surface area contributed by atoms with Crippen LogP contribution in [-0.2, 0) is 4.79 Å². The topological polar surface area (TPSA) is 79.5 Å². The Bertz CT molecular complexity index is 756. The summed E-state index contributed by atoms with van der Waals surface area (Å²) in [6.07, 6.45) is 2.64. The van der Waals surface area contributed by atoms with Gasteiger partial charge in [0.25, 0.3) is 5.91 Å². The molecule has 1 saturated heterocycles. The lowest BCUT2D eigenvalue weighted by Gasteiger charge is -2.18. The van der Waals surface area contributed by atoms with Crippen LogP contribution in [0.1, 0.15) is 27.6 Å². The molecule has 0 bridgehead atoms. The Hall–Kier alpha value is -1.99. The predicted molar refractivity (Wildman–Crippen MR) is 90.6 cm³/mol. The second-order valence-electron chi connectivity index (χ2n) is 6.07. The molecule has 3 rings (SSSR count). The number of rotatable bonds is 4. The minimum atomic E-state index is -0.397. The van der Waals surface area contributed by atoms with Crippen molar-refractivity contribution < 1.29 is 9.59 Å². The number of hydrogen-bond donors (Lipinski definition) is 1. The van der Waals surface area contributed by atoms with E-state index < -0.39 is 5.91 Å². The Morgan fingerprint density at radius 3 is 2.96 bits per heavy atom. The summed E-state index contributed by atoms with van der Waals surface area (Å²) in [5.41, 5.74) is 6.58.